The zero-order valence-corrected chi connectivity index (χ0v) is 19.6. The van der Waals surface area contributed by atoms with Crippen LogP contribution in [0, 0.1) is 0 Å². The Morgan fingerprint density at radius 3 is 2.74 bits per heavy atom. The molecule has 0 unspecified atom stereocenters. The molecule has 3 aromatic carbocycles. The minimum atomic E-state index is -0.0407. The maximum absolute atomic E-state index is 13.5. The molecular formula is C25H19N3O4S2. The summed E-state index contributed by atoms with van der Waals surface area (Å²) in [6.45, 7) is 0.202. The van der Waals surface area contributed by atoms with Gasteiger partial charge in [0, 0.05) is 16.2 Å². The normalized spacial score (nSPS) is 16.4. The molecule has 0 bridgehead atoms. The van der Waals surface area contributed by atoms with Crippen LogP contribution in [0.4, 0.5) is 5.69 Å². The van der Waals surface area contributed by atoms with Crippen molar-refractivity contribution in [3.05, 3.63) is 78.4 Å². The lowest BCUT2D eigenvalue weighted by atomic mass is 10.1. The number of fused-ring (bicyclic) bond motifs is 2. The smallest absolute Gasteiger partial charge is 0.277 e. The highest BCUT2D eigenvalue weighted by atomic mass is 32.2. The first-order valence-electron chi connectivity index (χ1n) is 10.7. The van der Waals surface area contributed by atoms with E-state index in [1.165, 1.54) is 11.8 Å². The Kier molecular flexibility index (Phi) is 5.64. The van der Waals surface area contributed by atoms with Crippen LogP contribution >= 0.6 is 23.5 Å². The van der Waals surface area contributed by atoms with E-state index in [0.29, 0.717) is 22.6 Å². The van der Waals surface area contributed by atoms with Crippen LogP contribution < -0.4 is 14.4 Å². The van der Waals surface area contributed by atoms with E-state index in [0.717, 1.165) is 27.5 Å². The van der Waals surface area contributed by atoms with E-state index in [2.05, 4.69) is 28.4 Å². The van der Waals surface area contributed by atoms with Gasteiger partial charge in [0.1, 0.15) is 0 Å². The number of nitrogens with zero attached hydrogens (tertiary/aromatic N) is 3. The van der Waals surface area contributed by atoms with Crippen LogP contribution in [0.15, 0.2) is 87.3 Å². The molecule has 0 saturated carbocycles. The average molecular weight is 490 g/mol. The second-order valence-corrected chi connectivity index (χ2v) is 9.69. The molecule has 9 heteroatoms. The standard InChI is InChI=1S/C25H19N3O4S2/c29-23(14-34-25-27-26-24(32-25)17-10-11-20-21(12-17)31-15-30-20)28-18-8-4-5-9-22(18)33-13-19(28)16-6-2-1-3-7-16/h1-12,19H,13-15H2/t19-/m0/s1. The molecule has 0 N–H and O–H groups in total. The summed E-state index contributed by atoms with van der Waals surface area (Å²) in [6, 6.07) is 23.6. The molecule has 1 atom stereocenters. The van der Waals surface area contributed by atoms with Gasteiger partial charge in [0.05, 0.1) is 17.5 Å². The lowest BCUT2D eigenvalue weighted by Crippen LogP contribution is -2.39. The van der Waals surface area contributed by atoms with Crippen molar-refractivity contribution >= 4 is 35.1 Å². The molecule has 0 aliphatic carbocycles. The summed E-state index contributed by atoms with van der Waals surface area (Å²) < 4.78 is 16.6. The number of benzene rings is 3. The first kappa shape index (κ1) is 21.1. The monoisotopic (exact) mass is 489 g/mol. The van der Waals surface area contributed by atoms with E-state index in [1.807, 2.05) is 59.5 Å². The number of aromatic nitrogens is 2. The fourth-order valence-electron chi connectivity index (χ4n) is 4.03. The number of hydrogen-bond acceptors (Lipinski definition) is 8. The average Bonchev–Trinajstić information content (AvgIpc) is 3.56. The quantitative estimate of drug-likeness (QED) is 0.343. The molecule has 6 rings (SSSR count). The van der Waals surface area contributed by atoms with E-state index in [-0.39, 0.29) is 24.5 Å². The Morgan fingerprint density at radius 1 is 1.00 bits per heavy atom. The minimum absolute atomic E-state index is 0.00516. The van der Waals surface area contributed by atoms with E-state index in [9.17, 15) is 4.79 Å². The highest BCUT2D eigenvalue weighted by Crippen LogP contribution is 2.43. The Morgan fingerprint density at radius 2 is 1.82 bits per heavy atom. The Balaban J connectivity index is 1.21. The number of amides is 1. The molecule has 0 saturated heterocycles. The first-order chi connectivity index (χ1) is 16.8. The lowest BCUT2D eigenvalue weighted by molar-refractivity contribution is -0.116. The maximum atomic E-state index is 13.5. The number of hydrogen-bond donors (Lipinski definition) is 0. The predicted molar refractivity (Wildman–Crippen MR) is 130 cm³/mol. The topological polar surface area (TPSA) is 77.7 Å². The van der Waals surface area contributed by atoms with Crippen LogP contribution in [-0.4, -0.2) is 34.4 Å². The van der Waals surface area contributed by atoms with E-state index < -0.39 is 0 Å². The molecule has 1 amide bonds. The molecule has 0 radical (unpaired) electrons. The van der Waals surface area contributed by atoms with E-state index in [4.69, 9.17) is 13.9 Å². The zero-order chi connectivity index (χ0) is 22.9. The largest absolute Gasteiger partial charge is 0.454 e. The van der Waals surface area contributed by atoms with E-state index in [1.54, 1.807) is 11.8 Å². The summed E-state index contributed by atoms with van der Waals surface area (Å²) in [5.74, 6) is 2.69. The van der Waals surface area contributed by atoms with Crippen LogP contribution in [0.2, 0.25) is 0 Å². The fraction of sp³-hybridized carbons (Fsp3) is 0.160. The minimum Gasteiger partial charge on any atom is -0.454 e. The van der Waals surface area contributed by atoms with Crippen LogP contribution in [0.1, 0.15) is 11.6 Å². The van der Waals surface area contributed by atoms with Crippen molar-refractivity contribution in [1.82, 2.24) is 10.2 Å². The van der Waals surface area contributed by atoms with Gasteiger partial charge in [-0.15, -0.1) is 22.0 Å². The second-order valence-electron chi connectivity index (χ2n) is 7.70. The van der Waals surface area contributed by atoms with Gasteiger partial charge in [-0.2, -0.15) is 0 Å². The summed E-state index contributed by atoms with van der Waals surface area (Å²) in [7, 11) is 0. The first-order valence-corrected chi connectivity index (χ1v) is 12.7. The Hall–Kier alpha value is -3.43. The summed E-state index contributed by atoms with van der Waals surface area (Å²) in [6.07, 6.45) is 0. The van der Waals surface area contributed by atoms with Gasteiger partial charge in [0.15, 0.2) is 11.5 Å². The summed E-state index contributed by atoms with van der Waals surface area (Å²) in [5, 5.41) is 8.61. The number of thioether (sulfide) groups is 2. The van der Waals surface area contributed by atoms with Crippen molar-refractivity contribution in [2.75, 3.05) is 23.2 Å². The molecule has 2 aliphatic rings. The number of carbonyl (C=O) groups excluding carboxylic acids is 1. The van der Waals surface area contributed by atoms with Gasteiger partial charge < -0.3 is 18.8 Å². The van der Waals surface area contributed by atoms with Gasteiger partial charge in [-0.25, -0.2) is 0 Å². The predicted octanol–water partition coefficient (Wildman–Crippen LogP) is 5.44. The van der Waals surface area contributed by atoms with Gasteiger partial charge in [-0.05, 0) is 35.9 Å². The fourth-order valence-corrected chi connectivity index (χ4v) is 5.82. The van der Waals surface area contributed by atoms with Crippen molar-refractivity contribution in [3.63, 3.8) is 0 Å². The zero-order valence-electron chi connectivity index (χ0n) is 17.9. The molecule has 170 valence electrons. The van der Waals surface area contributed by atoms with Crippen molar-refractivity contribution in [3.8, 4) is 23.0 Å². The van der Waals surface area contributed by atoms with Crippen molar-refractivity contribution in [2.24, 2.45) is 0 Å². The Labute approximate surface area is 204 Å². The van der Waals surface area contributed by atoms with Gasteiger partial charge in [0.2, 0.25) is 18.6 Å². The molecule has 34 heavy (non-hydrogen) atoms. The van der Waals surface area contributed by atoms with E-state index >= 15 is 0 Å². The SMILES string of the molecule is O=C(CSc1nnc(-c2ccc3c(c2)OCO3)o1)N1c2ccccc2SC[C@H]1c1ccccc1. The van der Waals surface area contributed by atoms with Crippen molar-refractivity contribution in [2.45, 2.75) is 16.2 Å². The molecule has 7 nitrogen and oxygen atoms in total. The number of anilines is 1. The summed E-state index contributed by atoms with van der Waals surface area (Å²) >= 11 is 3.02. The van der Waals surface area contributed by atoms with Gasteiger partial charge in [0.25, 0.3) is 5.22 Å². The van der Waals surface area contributed by atoms with Crippen molar-refractivity contribution < 1.29 is 18.7 Å². The number of para-hydroxylation sites is 1. The lowest BCUT2D eigenvalue weighted by Gasteiger charge is -2.37. The summed E-state index contributed by atoms with van der Waals surface area (Å²) in [4.78, 5) is 16.5. The third-order valence-electron chi connectivity index (χ3n) is 5.63. The van der Waals surface area contributed by atoms with Crippen LogP contribution in [-0.2, 0) is 4.79 Å². The highest BCUT2D eigenvalue weighted by molar-refractivity contribution is 8.00. The number of ether oxygens (including phenoxy) is 2. The molecule has 3 heterocycles. The van der Waals surface area contributed by atoms with Gasteiger partial charge in [-0.1, -0.05) is 54.2 Å². The molecule has 0 spiro atoms. The molecular weight excluding hydrogens is 470 g/mol. The summed E-state index contributed by atoms with van der Waals surface area (Å²) in [5.41, 5.74) is 2.79. The van der Waals surface area contributed by atoms with Gasteiger partial charge in [-0.3, -0.25) is 4.79 Å². The number of rotatable bonds is 5. The molecule has 2 aliphatic heterocycles. The van der Waals surface area contributed by atoms with Crippen LogP contribution in [0.3, 0.4) is 0 Å². The van der Waals surface area contributed by atoms with Crippen LogP contribution in [0.25, 0.3) is 11.5 Å². The van der Waals surface area contributed by atoms with Gasteiger partial charge >= 0.3 is 0 Å². The van der Waals surface area contributed by atoms with Crippen LogP contribution in [0.5, 0.6) is 11.5 Å². The third-order valence-corrected chi connectivity index (χ3v) is 7.57. The third kappa shape index (κ3) is 4.01. The van der Waals surface area contributed by atoms with Crippen molar-refractivity contribution in [1.29, 1.82) is 0 Å². The number of carbonyl (C=O) groups is 1. The molecule has 4 aromatic rings. The molecule has 0 fully saturated rings. The second kappa shape index (κ2) is 9.08. The maximum Gasteiger partial charge on any atom is 0.277 e. The molecule has 1 aromatic heterocycles. The highest BCUT2D eigenvalue weighted by Gasteiger charge is 2.32. The Bertz CT molecular complexity index is 1350.